The maximum Gasteiger partial charge on any atom is 0.150 e. The van der Waals surface area contributed by atoms with E-state index in [0.717, 1.165) is 42.2 Å². The van der Waals surface area contributed by atoms with Gasteiger partial charge in [0.1, 0.15) is 0 Å². The summed E-state index contributed by atoms with van der Waals surface area (Å²) in [5.74, 6) is 0.997. The Kier molecular flexibility index (Phi) is 4.90. The summed E-state index contributed by atoms with van der Waals surface area (Å²) in [6.45, 7) is 11.4. The fraction of sp³-hybridized carbons (Fsp3) is 0.500. The predicted octanol–water partition coefficient (Wildman–Crippen LogP) is 2.76. The van der Waals surface area contributed by atoms with Crippen molar-refractivity contribution in [1.29, 1.82) is 0 Å². The zero-order valence-corrected chi connectivity index (χ0v) is 12.8. The van der Waals surface area contributed by atoms with Crippen LogP contribution in [-0.2, 0) is 0 Å². The molecular formula is C16H24N4. The summed E-state index contributed by atoms with van der Waals surface area (Å²) in [6, 6.07) is 8.55. The van der Waals surface area contributed by atoms with Crippen molar-refractivity contribution in [3.63, 3.8) is 0 Å². The molecule has 0 aliphatic heterocycles. The minimum Gasteiger partial charge on any atom is -0.354 e. The number of nitrogens with zero attached hydrogens (tertiary/aromatic N) is 3. The van der Waals surface area contributed by atoms with Crippen LogP contribution in [0.2, 0.25) is 0 Å². The molecule has 1 aromatic carbocycles. The Morgan fingerprint density at radius 2 is 1.80 bits per heavy atom. The summed E-state index contributed by atoms with van der Waals surface area (Å²) >= 11 is 0. The lowest BCUT2D eigenvalue weighted by Gasteiger charge is -2.24. The molecule has 108 valence electrons. The number of rotatable bonds is 6. The van der Waals surface area contributed by atoms with Crippen molar-refractivity contribution in [2.24, 2.45) is 0 Å². The van der Waals surface area contributed by atoms with E-state index in [1.807, 2.05) is 31.2 Å². The lowest BCUT2D eigenvalue weighted by atomic mass is 10.2. The maximum atomic E-state index is 4.78. The Labute approximate surface area is 121 Å². The highest BCUT2D eigenvalue weighted by Gasteiger charge is 2.11. The Morgan fingerprint density at radius 3 is 2.40 bits per heavy atom. The fourth-order valence-electron chi connectivity index (χ4n) is 2.28. The topological polar surface area (TPSA) is 41.0 Å². The number of anilines is 1. The number of fused-ring (bicyclic) bond motifs is 1. The Balaban J connectivity index is 2.22. The van der Waals surface area contributed by atoms with Crippen molar-refractivity contribution in [1.82, 2.24) is 15.3 Å². The van der Waals surface area contributed by atoms with E-state index >= 15 is 0 Å². The average Bonchev–Trinajstić information content (AvgIpc) is 2.43. The second-order valence-corrected chi connectivity index (χ2v) is 5.31. The van der Waals surface area contributed by atoms with Gasteiger partial charge in [0.2, 0.25) is 0 Å². The van der Waals surface area contributed by atoms with E-state index in [0.29, 0.717) is 6.04 Å². The maximum absolute atomic E-state index is 4.78. The minimum absolute atomic E-state index is 0.512. The van der Waals surface area contributed by atoms with Crippen molar-refractivity contribution < 1.29 is 0 Å². The monoisotopic (exact) mass is 272 g/mol. The first-order valence-corrected chi connectivity index (χ1v) is 7.33. The SMILES string of the molecule is CCN(CCNC(C)C)c1nc2ccccc2nc1C. The van der Waals surface area contributed by atoms with Gasteiger partial charge in [-0.05, 0) is 26.0 Å². The Morgan fingerprint density at radius 1 is 1.15 bits per heavy atom. The van der Waals surface area contributed by atoms with Gasteiger partial charge in [-0.2, -0.15) is 0 Å². The third-order valence-electron chi connectivity index (χ3n) is 3.34. The number of aromatic nitrogens is 2. The largest absolute Gasteiger partial charge is 0.354 e. The van der Waals surface area contributed by atoms with Crippen LogP contribution in [0.25, 0.3) is 11.0 Å². The third-order valence-corrected chi connectivity index (χ3v) is 3.34. The number of likely N-dealkylation sites (N-methyl/N-ethyl adjacent to an activating group) is 1. The molecule has 0 radical (unpaired) electrons. The first kappa shape index (κ1) is 14.7. The molecule has 2 aromatic rings. The highest BCUT2D eigenvalue weighted by Crippen LogP contribution is 2.19. The van der Waals surface area contributed by atoms with E-state index in [2.05, 4.69) is 36.0 Å². The van der Waals surface area contributed by atoms with Crippen LogP contribution in [0.15, 0.2) is 24.3 Å². The zero-order chi connectivity index (χ0) is 14.5. The smallest absolute Gasteiger partial charge is 0.150 e. The molecule has 0 aliphatic rings. The van der Waals surface area contributed by atoms with Crippen LogP contribution < -0.4 is 10.2 Å². The van der Waals surface area contributed by atoms with E-state index in [1.165, 1.54) is 0 Å². The summed E-state index contributed by atoms with van der Waals surface area (Å²) in [5, 5.41) is 3.45. The van der Waals surface area contributed by atoms with Gasteiger partial charge in [0, 0.05) is 25.7 Å². The van der Waals surface area contributed by atoms with Crippen LogP contribution in [0.3, 0.4) is 0 Å². The van der Waals surface area contributed by atoms with Gasteiger partial charge in [0.05, 0.1) is 16.7 Å². The molecule has 0 saturated carbocycles. The van der Waals surface area contributed by atoms with E-state index in [4.69, 9.17) is 4.98 Å². The van der Waals surface area contributed by atoms with E-state index in [-0.39, 0.29) is 0 Å². The van der Waals surface area contributed by atoms with Crippen molar-refractivity contribution >= 4 is 16.9 Å². The summed E-state index contributed by atoms with van der Waals surface area (Å²) in [5.41, 5.74) is 2.92. The first-order valence-electron chi connectivity index (χ1n) is 7.33. The molecule has 0 aliphatic carbocycles. The molecule has 0 bridgehead atoms. The minimum atomic E-state index is 0.512. The van der Waals surface area contributed by atoms with Crippen molar-refractivity contribution in [2.75, 3.05) is 24.5 Å². The van der Waals surface area contributed by atoms with Crippen molar-refractivity contribution in [2.45, 2.75) is 33.7 Å². The van der Waals surface area contributed by atoms with E-state index in [1.54, 1.807) is 0 Å². The summed E-state index contributed by atoms with van der Waals surface area (Å²) in [6.07, 6.45) is 0. The van der Waals surface area contributed by atoms with Crippen LogP contribution in [0.5, 0.6) is 0 Å². The van der Waals surface area contributed by atoms with Gasteiger partial charge in [0.25, 0.3) is 0 Å². The first-order chi connectivity index (χ1) is 9.61. The summed E-state index contributed by atoms with van der Waals surface area (Å²) in [4.78, 5) is 11.7. The standard InChI is InChI=1S/C16H24N4/c1-5-20(11-10-17-12(2)3)16-13(4)18-14-8-6-7-9-15(14)19-16/h6-9,12,17H,5,10-11H2,1-4H3. The molecule has 0 unspecified atom stereocenters. The molecule has 1 heterocycles. The van der Waals surface area contributed by atoms with Crippen LogP contribution in [-0.4, -0.2) is 35.6 Å². The second-order valence-electron chi connectivity index (χ2n) is 5.31. The Hall–Kier alpha value is -1.68. The van der Waals surface area contributed by atoms with E-state index < -0.39 is 0 Å². The lowest BCUT2D eigenvalue weighted by Crippen LogP contribution is -2.35. The summed E-state index contributed by atoms with van der Waals surface area (Å²) < 4.78 is 0. The number of benzene rings is 1. The van der Waals surface area contributed by atoms with Crippen LogP contribution in [0.1, 0.15) is 26.5 Å². The van der Waals surface area contributed by atoms with Gasteiger partial charge in [-0.15, -0.1) is 0 Å². The van der Waals surface area contributed by atoms with Gasteiger partial charge < -0.3 is 10.2 Å². The quantitative estimate of drug-likeness (QED) is 0.878. The molecular weight excluding hydrogens is 248 g/mol. The molecule has 20 heavy (non-hydrogen) atoms. The molecule has 2 rings (SSSR count). The zero-order valence-electron chi connectivity index (χ0n) is 12.8. The number of hydrogen-bond acceptors (Lipinski definition) is 4. The highest BCUT2D eigenvalue weighted by atomic mass is 15.2. The molecule has 0 spiro atoms. The van der Waals surface area contributed by atoms with Gasteiger partial charge in [-0.3, -0.25) is 0 Å². The number of nitrogens with one attached hydrogen (secondary N) is 1. The summed E-state index contributed by atoms with van der Waals surface area (Å²) in [7, 11) is 0. The van der Waals surface area contributed by atoms with Gasteiger partial charge >= 0.3 is 0 Å². The molecule has 0 saturated heterocycles. The third kappa shape index (κ3) is 3.45. The number of aryl methyl sites for hydroxylation is 1. The molecule has 0 fully saturated rings. The van der Waals surface area contributed by atoms with Crippen molar-refractivity contribution in [3.8, 4) is 0 Å². The predicted molar refractivity (Wildman–Crippen MR) is 85.3 cm³/mol. The lowest BCUT2D eigenvalue weighted by molar-refractivity contribution is 0.582. The normalized spacial score (nSPS) is 11.2. The second kappa shape index (κ2) is 6.66. The molecule has 4 heteroatoms. The number of para-hydroxylation sites is 2. The Bertz CT molecular complexity index is 565. The average molecular weight is 272 g/mol. The van der Waals surface area contributed by atoms with Crippen LogP contribution in [0, 0.1) is 6.92 Å². The van der Waals surface area contributed by atoms with Crippen LogP contribution in [0.4, 0.5) is 5.82 Å². The fourth-order valence-corrected chi connectivity index (χ4v) is 2.28. The van der Waals surface area contributed by atoms with Gasteiger partial charge in [-0.1, -0.05) is 26.0 Å². The molecule has 0 atom stereocenters. The molecule has 1 N–H and O–H groups in total. The van der Waals surface area contributed by atoms with Gasteiger partial charge in [-0.25, -0.2) is 9.97 Å². The molecule has 4 nitrogen and oxygen atoms in total. The van der Waals surface area contributed by atoms with Crippen LogP contribution >= 0.6 is 0 Å². The van der Waals surface area contributed by atoms with Gasteiger partial charge in [0.15, 0.2) is 5.82 Å². The number of hydrogen-bond donors (Lipinski definition) is 1. The highest BCUT2D eigenvalue weighted by molar-refractivity contribution is 5.76. The van der Waals surface area contributed by atoms with E-state index in [9.17, 15) is 0 Å². The van der Waals surface area contributed by atoms with Crippen molar-refractivity contribution in [3.05, 3.63) is 30.0 Å². The molecule has 1 aromatic heterocycles. The molecule has 0 amide bonds.